The third-order valence-corrected chi connectivity index (χ3v) is 23.5. The minimum Gasteiger partial charge on any atom is -0.413 e. The topological polar surface area (TPSA) is 64.6 Å². The van der Waals surface area contributed by atoms with Crippen LogP contribution >= 0.6 is 15.9 Å². The van der Waals surface area contributed by atoms with Gasteiger partial charge in [0.15, 0.2) is 22.9 Å². The Balaban J connectivity index is 1.34. The fraction of sp³-hybridized carbons (Fsp3) is 0.733. The summed E-state index contributed by atoms with van der Waals surface area (Å²) in [5.74, 6) is 0.812. The van der Waals surface area contributed by atoms with Crippen molar-refractivity contribution in [2.45, 2.75) is 184 Å². The molecule has 0 amide bonds. The summed E-state index contributed by atoms with van der Waals surface area (Å²) >= 11 is 4.26. The lowest BCUT2D eigenvalue weighted by Gasteiger charge is -2.45. The first kappa shape index (κ1) is 45.2. The summed E-state index contributed by atoms with van der Waals surface area (Å²) < 4.78 is 48.1. The average molecular weight is 862 g/mol. The Kier molecular flexibility index (Phi) is 15.6. The maximum atomic E-state index is 7.43. The molecule has 310 valence electrons. The van der Waals surface area contributed by atoms with Gasteiger partial charge in [-0.25, -0.2) is 0 Å². The van der Waals surface area contributed by atoms with E-state index in [1.165, 1.54) is 5.56 Å². The van der Waals surface area contributed by atoms with Crippen LogP contribution < -0.4 is 0 Å². The smallest absolute Gasteiger partial charge is 0.192 e. The molecule has 5 rings (SSSR count). The average Bonchev–Trinajstić information content (AvgIpc) is 3.44. The second kappa shape index (κ2) is 19.0. The van der Waals surface area contributed by atoms with E-state index < -0.39 is 22.9 Å². The van der Waals surface area contributed by atoms with Crippen molar-refractivity contribution in [1.29, 1.82) is 0 Å². The number of rotatable bonds is 15. The zero-order chi connectivity index (χ0) is 40.2. The summed E-state index contributed by atoms with van der Waals surface area (Å²) in [5.41, 5.74) is 2.25. The van der Waals surface area contributed by atoms with Gasteiger partial charge < -0.3 is 32.5 Å². The minimum atomic E-state index is -2.20. The monoisotopic (exact) mass is 860 g/mol. The number of halogens is 1. The van der Waals surface area contributed by atoms with Crippen LogP contribution in [-0.2, 0) is 39.1 Å². The van der Waals surface area contributed by atoms with E-state index in [1.54, 1.807) is 0 Å². The molecule has 3 saturated heterocycles. The second-order valence-electron chi connectivity index (χ2n) is 19.7. The molecule has 2 aromatic carbocycles. The first-order valence-corrected chi connectivity index (χ1v) is 27.7. The summed E-state index contributed by atoms with van der Waals surface area (Å²) in [5, 5.41) is 0.109. The Labute approximate surface area is 344 Å². The summed E-state index contributed by atoms with van der Waals surface area (Å²) in [6, 6.07) is 20.7. The van der Waals surface area contributed by atoms with Gasteiger partial charge in [0.25, 0.3) is 0 Å². The molecule has 0 bridgehead atoms. The molecule has 0 aliphatic carbocycles. The highest BCUT2D eigenvalue weighted by atomic mass is 79.9. The summed E-state index contributed by atoms with van der Waals surface area (Å²) in [6.07, 6.45) is 3.51. The molecule has 3 fully saturated rings. The maximum Gasteiger partial charge on any atom is 0.192 e. The standard InChI is InChI=1S/C45H73BrO7Si2/c1-31(25-26-47-29-33-19-15-13-16-20-33)42-32(2)27-38(50-42)41(46)39(53-55(11,12)45(6,7)8)28-37-36(52-54(9,10)44(3,4)5)24-23-35-40(49-37)30-48-43(51-35)34-21-17-14-18-22-34/h13-22,31-32,35-43H,23-30H2,1-12H3/t31-,32+,35-,36+,37-,38-,39-,40+,41+,42+,43+/m0/s1. The quantitative estimate of drug-likeness (QED) is 0.100. The fourth-order valence-electron chi connectivity index (χ4n) is 7.72. The summed E-state index contributed by atoms with van der Waals surface area (Å²) in [6.45, 7) is 29.8. The van der Waals surface area contributed by atoms with Crippen LogP contribution in [0.3, 0.4) is 0 Å². The van der Waals surface area contributed by atoms with Crippen molar-refractivity contribution in [3.63, 3.8) is 0 Å². The lowest BCUT2D eigenvalue weighted by Crippen LogP contribution is -2.52. The van der Waals surface area contributed by atoms with Crippen LogP contribution in [0.1, 0.15) is 105 Å². The molecule has 0 unspecified atom stereocenters. The molecule has 3 aliphatic heterocycles. The van der Waals surface area contributed by atoms with Gasteiger partial charge in [0.05, 0.1) is 54.7 Å². The Bertz CT molecular complexity index is 1450. The van der Waals surface area contributed by atoms with Crippen LogP contribution in [0.4, 0.5) is 0 Å². The van der Waals surface area contributed by atoms with Crippen LogP contribution in [0.15, 0.2) is 60.7 Å². The largest absolute Gasteiger partial charge is 0.413 e. The summed E-state index contributed by atoms with van der Waals surface area (Å²) in [7, 11) is -4.35. The Morgan fingerprint density at radius 2 is 1.45 bits per heavy atom. The molecule has 11 atom stereocenters. The predicted octanol–water partition coefficient (Wildman–Crippen LogP) is 11.6. The maximum absolute atomic E-state index is 7.43. The Morgan fingerprint density at radius 1 is 0.818 bits per heavy atom. The van der Waals surface area contributed by atoms with E-state index in [4.69, 9.17) is 32.5 Å². The van der Waals surface area contributed by atoms with Crippen LogP contribution in [0.25, 0.3) is 0 Å². The van der Waals surface area contributed by atoms with E-state index in [9.17, 15) is 0 Å². The van der Waals surface area contributed by atoms with Gasteiger partial charge in [-0.3, -0.25) is 0 Å². The van der Waals surface area contributed by atoms with E-state index in [1.807, 2.05) is 24.3 Å². The van der Waals surface area contributed by atoms with Gasteiger partial charge in [-0.05, 0) is 79.3 Å². The highest BCUT2D eigenvalue weighted by Gasteiger charge is 2.49. The molecule has 3 heterocycles. The SMILES string of the molecule is C[C@@H]1C[C@@H]([C@@H](Br)[C@H](C[C@@H]2O[C@@H]3CO[C@@H](c4ccccc4)O[C@H]3CC[C@H]2O[Si](C)(C)C(C)(C)C)O[Si](C)(C)C(C)(C)C)O[C@@H]1[C@@H](C)CCOCc1ccccc1. The predicted molar refractivity (Wildman–Crippen MR) is 232 cm³/mol. The van der Waals surface area contributed by atoms with Crippen molar-refractivity contribution in [3.05, 3.63) is 71.8 Å². The molecule has 2 aromatic rings. The Hall–Kier alpha value is -0.926. The van der Waals surface area contributed by atoms with Gasteiger partial charge in [0, 0.05) is 18.6 Å². The van der Waals surface area contributed by atoms with Gasteiger partial charge in [-0.1, -0.05) is 132 Å². The number of fused-ring (bicyclic) bond motifs is 1. The van der Waals surface area contributed by atoms with Crippen molar-refractivity contribution in [3.8, 4) is 0 Å². The highest BCUT2D eigenvalue weighted by Crippen LogP contribution is 2.45. The molecule has 0 aromatic heterocycles. The van der Waals surface area contributed by atoms with Crippen molar-refractivity contribution in [2.75, 3.05) is 13.2 Å². The van der Waals surface area contributed by atoms with Gasteiger partial charge >= 0.3 is 0 Å². The number of alkyl halides is 1. The first-order valence-electron chi connectivity index (χ1n) is 21.0. The van der Waals surface area contributed by atoms with E-state index in [-0.39, 0.29) is 57.6 Å². The van der Waals surface area contributed by atoms with Gasteiger partial charge in [-0.15, -0.1) is 0 Å². The number of hydrogen-bond acceptors (Lipinski definition) is 7. The van der Waals surface area contributed by atoms with Crippen molar-refractivity contribution < 1.29 is 32.5 Å². The van der Waals surface area contributed by atoms with Crippen LogP contribution in [0, 0.1) is 11.8 Å². The minimum absolute atomic E-state index is 0.00639. The molecule has 55 heavy (non-hydrogen) atoms. The lowest BCUT2D eigenvalue weighted by molar-refractivity contribution is -0.271. The molecule has 0 radical (unpaired) electrons. The number of hydrogen-bond donors (Lipinski definition) is 0. The zero-order valence-electron chi connectivity index (χ0n) is 36.0. The molecule has 10 heteroatoms. The number of benzene rings is 2. The number of ether oxygens (including phenoxy) is 5. The van der Waals surface area contributed by atoms with Crippen LogP contribution in [-0.4, -0.2) is 77.4 Å². The zero-order valence-corrected chi connectivity index (χ0v) is 39.6. The molecule has 0 spiro atoms. The van der Waals surface area contributed by atoms with E-state index in [2.05, 4.69) is 134 Å². The normalized spacial score (nSPS) is 30.0. The molecular weight excluding hydrogens is 789 g/mol. The van der Waals surface area contributed by atoms with Gasteiger partial charge in [-0.2, -0.15) is 0 Å². The molecule has 7 nitrogen and oxygen atoms in total. The van der Waals surface area contributed by atoms with E-state index in [0.29, 0.717) is 31.5 Å². The Morgan fingerprint density at radius 3 is 2.09 bits per heavy atom. The lowest BCUT2D eigenvalue weighted by atomic mass is 9.90. The highest BCUT2D eigenvalue weighted by molar-refractivity contribution is 9.09. The summed E-state index contributed by atoms with van der Waals surface area (Å²) in [4.78, 5) is -0.00639. The van der Waals surface area contributed by atoms with E-state index >= 15 is 0 Å². The van der Waals surface area contributed by atoms with Gasteiger partial charge in [0.1, 0.15) is 6.10 Å². The van der Waals surface area contributed by atoms with E-state index in [0.717, 1.165) is 37.9 Å². The third kappa shape index (κ3) is 11.9. The fourth-order valence-corrected chi connectivity index (χ4v) is 11.3. The molecule has 3 aliphatic rings. The molecular formula is C45H73BrO7Si2. The van der Waals surface area contributed by atoms with Crippen LogP contribution in [0.2, 0.25) is 36.3 Å². The third-order valence-electron chi connectivity index (χ3n) is 13.3. The van der Waals surface area contributed by atoms with Gasteiger partial charge in [0.2, 0.25) is 0 Å². The first-order chi connectivity index (χ1) is 25.8. The second-order valence-corrected chi connectivity index (χ2v) is 30.3. The molecule has 0 saturated carbocycles. The van der Waals surface area contributed by atoms with Crippen LogP contribution in [0.5, 0.6) is 0 Å². The molecule has 0 N–H and O–H groups in total. The van der Waals surface area contributed by atoms with Crippen molar-refractivity contribution >= 4 is 32.6 Å². The van der Waals surface area contributed by atoms with Crippen molar-refractivity contribution in [1.82, 2.24) is 0 Å². The van der Waals surface area contributed by atoms with Crippen molar-refractivity contribution in [2.24, 2.45) is 11.8 Å².